The van der Waals surface area contributed by atoms with Gasteiger partial charge in [-0.15, -0.1) is 0 Å². The molecular weight excluding hydrogens is 630 g/mol. The molecule has 0 aromatic heterocycles. The second-order valence-corrected chi connectivity index (χ2v) is 10.2. The number of nitro groups is 2. The average Bonchev–Trinajstić information content (AvgIpc) is 3.40. The van der Waals surface area contributed by atoms with E-state index >= 15 is 0 Å². The van der Waals surface area contributed by atoms with E-state index in [1.165, 1.54) is 29.2 Å². The van der Waals surface area contributed by atoms with Gasteiger partial charge in [-0.1, -0.05) is 48.5 Å². The van der Waals surface area contributed by atoms with Gasteiger partial charge in [0.05, 0.1) is 22.9 Å². The third-order valence-electron chi connectivity index (χ3n) is 7.25. The maximum absolute atomic E-state index is 13.3. The zero-order chi connectivity index (χ0) is 34.0. The minimum atomic E-state index is -1.11. The van der Waals surface area contributed by atoms with E-state index in [1.54, 1.807) is 0 Å². The van der Waals surface area contributed by atoms with Gasteiger partial charge in [-0.3, -0.25) is 20.2 Å². The molecule has 5 rings (SSSR count). The summed E-state index contributed by atoms with van der Waals surface area (Å²) in [5.41, 5.74) is 3.73. The Morgan fingerprint density at radius 1 is 0.604 bits per heavy atom. The van der Waals surface area contributed by atoms with Crippen molar-refractivity contribution in [1.82, 2.24) is 4.90 Å². The van der Waals surface area contributed by atoms with Crippen LogP contribution in [0.2, 0.25) is 0 Å². The van der Waals surface area contributed by atoms with Crippen LogP contribution in [0.15, 0.2) is 97.1 Å². The first kappa shape index (κ1) is 32.9. The minimum Gasteiger partial charge on any atom is -0.448 e. The molecule has 246 valence electrons. The third kappa shape index (κ3) is 8.20. The lowest BCUT2D eigenvalue weighted by atomic mass is 9.98. The van der Waals surface area contributed by atoms with Crippen molar-refractivity contribution in [2.24, 2.45) is 0 Å². The summed E-state index contributed by atoms with van der Waals surface area (Å²) >= 11 is 0. The van der Waals surface area contributed by atoms with Crippen molar-refractivity contribution < 1.29 is 47.9 Å². The van der Waals surface area contributed by atoms with Crippen LogP contribution in [0.25, 0.3) is 11.1 Å². The molecule has 4 aromatic carbocycles. The number of rotatable bonds is 12. The lowest BCUT2D eigenvalue weighted by Gasteiger charge is -2.23. The zero-order valence-electron chi connectivity index (χ0n) is 25.1. The highest BCUT2D eigenvalue weighted by molar-refractivity contribution is 5.79. The van der Waals surface area contributed by atoms with Gasteiger partial charge in [0.25, 0.3) is 11.4 Å². The number of hydrogen-bond donors (Lipinski definition) is 0. The molecule has 1 aliphatic rings. The van der Waals surface area contributed by atoms with Crippen LogP contribution in [0.1, 0.15) is 17.0 Å². The van der Waals surface area contributed by atoms with Gasteiger partial charge in [0.2, 0.25) is 0 Å². The van der Waals surface area contributed by atoms with Gasteiger partial charge >= 0.3 is 18.4 Å². The van der Waals surface area contributed by atoms with Gasteiger partial charge in [-0.25, -0.2) is 14.4 Å². The van der Waals surface area contributed by atoms with Crippen LogP contribution in [0.4, 0.5) is 25.8 Å². The summed E-state index contributed by atoms with van der Waals surface area (Å²) in [6, 6.07) is 25.2. The fourth-order valence-electron chi connectivity index (χ4n) is 4.98. The van der Waals surface area contributed by atoms with Crippen molar-refractivity contribution in [3.63, 3.8) is 0 Å². The Balaban J connectivity index is 1.18. The molecule has 0 N–H and O–H groups in total. The molecule has 0 saturated heterocycles. The summed E-state index contributed by atoms with van der Waals surface area (Å²) in [6.45, 7) is -0.998. The van der Waals surface area contributed by atoms with Crippen LogP contribution in [-0.4, -0.2) is 66.1 Å². The highest BCUT2D eigenvalue weighted by Crippen LogP contribution is 2.44. The Morgan fingerprint density at radius 2 is 1.02 bits per heavy atom. The fourth-order valence-corrected chi connectivity index (χ4v) is 4.98. The first-order valence-electron chi connectivity index (χ1n) is 14.5. The number of hydrogen-bond acceptors (Lipinski definition) is 12. The molecule has 4 aromatic rings. The Kier molecular flexibility index (Phi) is 10.4. The van der Waals surface area contributed by atoms with Gasteiger partial charge in [0.1, 0.15) is 31.3 Å². The van der Waals surface area contributed by atoms with Crippen LogP contribution in [0.5, 0.6) is 11.5 Å². The SMILES string of the molecule is O=C(OCCN(CCOC(=O)Oc1ccc([N+](=O)[O-])cc1)C(=O)OCC1c2ccccc2-c2ccccc21)Oc1ccc([N+](=O)[O-])cc1. The second-order valence-electron chi connectivity index (χ2n) is 10.2. The van der Waals surface area contributed by atoms with E-state index in [1.807, 2.05) is 48.5 Å². The number of amides is 1. The number of fused-ring (bicyclic) bond motifs is 3. The molecule has 0 radical (unpaired) electrons. The van der Waals surface area contributed by atoms with Gasteiger partial charge in [-0.05, 0) is 46.5 Å². The molecule has 15 nitrogen and oxygen atoms in total. The summed E-state index contributed by atoms with van der Waals surface area (Å²) in [4.78, 5) is 59.3. The zero-order valence-corrected chi connectivity index (χ0v) is 25.1. The first-order chi connectivity index (χ1) is 23.2. The predicted octanol–water partition coefficient (Wildman–Crippen LogP) is 6.49. The topological polar surface area (TPSA) is 187 Å². The summed E-state index contributed by atoms with van der Waals surface area (Å²) < 4.78 is 25.9. The Labute approximate surface area is 272 Å². The molecule has 1 aliphatic carbocycles. The Hall–Kier alpha value is -6.51. The lowest BCUT2D eigenvalue weighted by molar-refractivity contribution is -0.385. The molecule has 0 spiro atoms. The van der Waals surface area contributed by atoms with Crippen LogP contribution in [0.3, 0.4) is 0 Å². The molecule has 15 heteroatoms. The van der Waals surface area contributed by atoms with E-state index in [-0.39, 0.29) is 61.7 Å². The predicted molar refractivity (Wildman–Crippen MR) is 167 cm³/mol. The van der Waals surface area contributed by atoms with Gasteiger partial charge < -0.3 is 28.6 Å². The number of nitro benzene ring substituents is 2. The normalized spacial score (nSPS) is 11.4. The minimum absolute atomic E-state index is 0.00937. The number of benzene rings is 4. The maximum Gasteiger partial charge on any atom is 0.513 e. The number of nitrogens with zero attached hydrogens (tertiary/aromatic N) is 3. The molecular formula is C33H27N3O12. The highest BCUT2D eigenvalue weighted by atomic mass is 16.7. The second kappa shape index (κ2) is 15.2. The molecule has 0 heterocycles. The molecule has 0 fully saturated rings. The number of carbonyl (C=O) groups is 3. The van der Waals surface area contributed by atoms with Crippen molar-refractivity contribution in [2.75, 3.05) is 32.9 Å². The van der Waals surface area contributed by atoms with Crippen molar-refractivity contribution in [3.8, 4) is 22.6 Å². The molecule has 0 atom stereocenters. The molecule has 0 bridgehead atoms. The lowest BCUT2D eigenvalue weighted by Crippen LogP contribution is -2.38. The van der Waals surface area contributed by atoms with E-state index in [0.717, 1.165) is 46.5 Å². The smallest absolute Gasteiger partial charge is 0.448 e. The fraction of sp³-hybridized carbons (Fsp3) is 0.182. The van der Waals surface area contributed by atoms with Crippen LogP contribution >= 0.6 is 0 Å². The van der Waals surface area contributed by atoms with Crippen molar-refractivity contribution in [2.45, 2.75) is 5.92 Å². The van der Waals surface area contributed by atoms with Gasteiger partial charge in [0, 0.05) is 30.2 Å². The molecule has 48 heavy (non-hydrogen) atoms. The molecule has 0 unspecified atom stereocenters. The summed E-state index contributed by atoms with van der Waals surface area (Å²) in [7, 11) is 0. The highest BCUT2D eigenvalue weighted by Gasteiger charge is 2.30. The van der Waals surface area contributed by atoms with E-state index in [4.69, 9.17) is 23.7 Å². The Morgan fingerprint density at radius 3 is 1.44 bits per heavy atom. The third-order valence-corrected chi connectivity index (χ3v) is 7.25. The van der Waals surface area contributed by atoms with Crippen LogP contribution in [-0.2, 0) is 14.2 Å². The standard InChI is InChI=1S/C33H27N3O12/c37-31(46-21-30-28-7-3-1-5-26(28)27-6-2-4-8-29(27)30)34(17-19-44-32(38)47-24-13-9-22(10-14-24)35(40)41)18-20-45-33(39)48-25-15-11-23(12-16-25)36(42)43/h1-16,30H,17-21H2. The molecule has 0 aliphatic heterocycles. The summed E-state index contributed by atoms with van der Waals surface area (Å²) in [5.74, 6) is -0.193. The molecule has 1 amide bonds. The van der Waals surface area contributed by atoms with Gasteiger partial charge in [0.15, 0.2) is 0 Å². The van der Waals surface area contributed by atoms with Crippen molar-refractivity contribution >= 4 is 29.8 Å². The monoisotopic (exact) mass is 657 g/mol. The van der Waals surface area contributed by atoms with Crippen LogP contribution in [0, 0.1) is 20.2 Å². The van der Waals surface area contributed by atoms with Crippen molar-refractivity contribution in [3.05, 3.63) is 128 Å². The van der Waals surface area contributed by atoms with E-state index < -0.39 is 28.3 Å². The first-order valence-corrected chi connectivity index (χ1v) is 14.5. The quantitative estimate of drug-likeness (QED) is 0.0531. The number of ether oxygens (including phenoxy) is 5. The van der Waals surface area contributed by atoms with E-state index in [9.17, 15) is 34.6 Å². The average molecular weight is 658 g/mol. The molecule has 0 saturated carbocycles. The maximum atomic E-state index is 13.3. The van der Waals surface area contributed by atoms with Crippen LogP contribution < -0.4 is 9.47 Å². The van der Waals surface area contributed by atoms with E-state index in [2.05, 4.69) is 0 Å². The van der Waals surface area contributed by atoms with E-state index in [0.29, 0.717) is 0 Å². The number of non-ortho nitro benzene ring substituents is 2. The Bertz CT molecular complexity index is 1690. The number of carbonyl (C=O) groups excluding carboxylic acids is 3. The summed E-state index contributed by atoms with van der Waals surface area (Å²) in [6.07, 6.45) is -2.99. The largest absolute Gasteiger partial charge is 0.513 e. The summed E-state index contributed by atoms with van der Waals surface area (Å²) in [5, 5.41) is 21.7. The van der Waals surface area contributed by atoms with Gasteiger partial charge in [-0.2, -0.15) is 0 Å². The van der Waals surface area contributed by atoms with Crippen molar-refractivity contribution in [1.29, 1.82) is 0 Å².